The minimum absolute atomic E-state index is 0.0576. The van der Waals surface area contributed by atoms with Crippen LogP contribution >= 0.6 is 0 Å². The van der Waals surface area contributed by atoms with E-state index in [1.165, 1.54) is 0 Å². The van der Waals surface area contributed by atoms with Crippen molar-refractivity contribution in [3.63, 3.8) is 0 Å². The van der Waals surface area contributed by atoms with Crippen molar-refractivity contribution < 1.29 is 9.53 Å². The number of nitriles is 1. The molecule has 1 rings (SSSR count). The van der Waals surface area contributed by atoms with Gasteiger partial charge in [-0.25, -0.2) is 0 Å². The van der Waals surface area contributed by atoms with Gasteiger partial charge in [0.2, 0.25) is 5.91 Å². The van der Waals surface area contributed by atoms with E-state index in [1.54, 1.807) is 11.8 Å². The number of hydrogen-bond acceptors (Lipinski definition) is 4. The van der Waals surface area contributed by atoms with Crippen LogP contribution in [0.15, 0.2) is 0 Å². The average Bonchev–Trinajstić information content (AvgIpc) is 2.34. The summed E-state index contributed by atoms with van der Waals surface area (Å²) in [7, 11) is 0. The standard InChI is InChI=1S/C12H21N3O2/c1-12(16)15(6-2-4-13)7-3-5-14-8-10-17-11-9-14/h2-3,5-11H2,1H3. The number of nitrogens with zero attached hydrogens (tertiary/aromatic N) is 3. The quantitative estimate of drug-likeness (QED) is 0.676. The van der Waals surface area contributed by atoms with Crippen LogP contribution in [0.25, 0.3) is 0 Å². The molecule has 5 heteroatoms. The van der Waals surface area contributed by atoms with Gasteiger partial charge in [0.1, 0.15) is 0 Å². The minimum Gasteiger partial charge on any atom is -0.379 e. The molecule has 0 spiro atoms. The molecule has 1 fully saturated rings. The van der Waals surface area contributed by atoms with Crippen LogP contribution in [0.4, 0.5) is 0 Å². The smallest absolute Gasteiger partial charge is 0.219 e. The fourth-order valence-electron chi connectivity index (χ4n) is 1.92. The molecule has 0 aromatic carbocycles. The molecule has 1 amide bonds. The summed E-state index contributed by atoms with van der Waals surface area (Å²) in [6, 6.07) is 2.07. The SMILES string of the molecule is CC(=O)N(CCC#N)CCCN1CCOCC1. The molecule has 1 heterocycles. The van der Waals surface area contributed by atoms with Gasteiger partial charge >= 0.3 is 0 Å². The summed E-state index contributed by atoms with van der Waals surface area (Å²) in [4.78, 5) is 15.4. The Bertz CT molecular complexity index is 269. The van der Waals surface area contributed by atoms with Crippen LogP contribution in [0.3, 0.4) is 0 Å². The van der Waals surface area contributed by atoms with E-state index in [0.717, 1.165) is 45.8 Å². The second kappa shape index (κ2) is 8.04. The van der Waals surface area contributed by atoms with Crippen molar-refractivity contribution in [3.05, 3.63) is 0 Å². The van der Waals surface area contributed by atoms with Crippen LogP contribution in [0.1, 0.15) is 19.8 Å². The predicted molar refractivity (Wildman–Crippen MR) is 64.4 cm³/mol. The van der Waals surface area contributed by atoms with Crippen molar-refractivity contribution in [1.82, 2.24) is 9.80 Å². The van der Waals surface area contributed by atoms with Crippen molar-refractivity contribution in [1.29, 1.82) is 5.26 Å². The van der Waals surface area contributed by atoms with E-state index in [1.807, 2.05) is 0 Å². The first kappa shape index (κ1) is 13.9. The minimum atomic E-state index is 0.0576. The van der Waals surface area contributed by atoms with Gasteiger partial charge in [-0.2, -0.15) is 5.26 Å². The molecule has 17 heavy (non-hydrogen) atoms. The number of carbonyl (C=O) groups excluding carboxylic acids is 1. The molecule has 0 bridgehead atoms. The Morgan fingerprint density at radius 3 is 2.71 bits per heavy atom. The average molecular weight is 239 g/mol. The van der Waals surface area contributed by atoms with Crippen molar-refractivity contribution >= 4 is 5.91 Å². The predicted octanol–water partition coefficient (Wildman–Crippen LogP) is 0.471. The van der Waals surface area contributed by atoms with Gasteiger partial charge in [0.25, 0.3) is 0 Å². The lowest BCUT2D eigenvalue weighted by Crippen LogP contribution is -2.39. The Hall–Kier alpha value is -1.12. The van der Waals surface area contributed by atoms with Crippen LogP contribution in [0.2, 0.25) is 0 Å². The molecular weight excluding hydrogens is 218 g/mol. The van der Waals surface area contributed by atoms with E-state index < -0.39 is 0 Å². The highest BCUT2D eigenvalue weighted by atomic mass is 16.5. The number of amides is 1. The van der Waals surface area contributed by atoms with Crippen LogP contribution in [0.5, 0.6) is 0 Å². The first-order valence-electron chi connectivity index (χ1n) is 6.16. The molecule has 0 unspecified atom stereocenters. The maximum absolute atomic E-state index is 11.3. The lowest BCUT2D eigenvalue weighted by Gasteiger charge is -2.27. The highest BCUT2D eigenvalue weighted by molar-refractivity contribution is 5.73. The molecule has 0 atom stereocenters. The van der Waals surface area contributed by atoms with Crippen molar-refractivity contribution in [2.45, 2.75) is 19.8 Å². The summed E-state index contributed by atoms with van der Waals surface area (Å²) in [5.41, 5.74) is 0. The molecule has 96 valence electrons. The number of carbonyl (C=O) groups is 1. The van der Waals surface area contributed by atoms with Crippen molar-refractivity contribution in [3.8, 4) is 6.07 Å². The zero-order valence-corrected chi connectivity index (χ0v) is 10.5. The second-order valence-electron chi connectivity index (χ2n) is 4.22. The maximum Gasteiger partial charge on any atom is 0.219 e. The summed E-state index contributed by atoms with van der Waals surface area (Å²) in [6.07, 6.45) is 1.38. The Morgan fingerprint density at radius 2 is 2.12 bits per heavy atom. The lowest BCUT2D eigenvalue weighted by atomic mass is 10.3. The van der Waals surface area contributed by atoms with Gasteiger partial charge in [0.15, 0.2) is 0 Å². The molecule has 1 saturated heterocycles. The van der Waals surface area contributed by atoms with Gasteiger partial charge in [0, 0.05) is 39.6 Å². The molecule has 5 nitrogen and oxygen atoms in total. The summed E-state index contributed by atoms with van der Waals surface area (Å²) in [5.74, 6) is 0.0576. The Kier molecular flexibility index (Phi) is 6.60. The first-order valence-corrected chi connectivity index (χ1v) is 6.16. The van der Waals surface area contributed by atoms with Gasteiger partial charge in [-0.3, -0.25) is 9.69 Å². The third-order valence-corrected chi connectivity index (χ3v) is 2.94. The fourth-order valence-corrected chi connectivity index (χ4v) is 1.92. The van der Waals surface area contributed by atoms with Crippen molar-refractivity contribution in [2.24, 2.45) is 0 Å². The second-order valence-corrected chi connectivity index (χ2v) is 4.22. The largest absolute Gasteiger partial charge is 0.379 e. The highest BCUT2D eigenvalue weighted by Gasteiger charge is 2.12. The third-order valence-electron chi connectivity index (χ3n) is 2.94. The number of rotatable bonds is 6. The lowest BCUT2D eigenvalue weighted by molar-refractivity contribution is -0.128. The van der Waals surface area contributed by atoms with Crippen molar-refractivity contribution in [2.75, 3.05) is 45.9 Å². The van der Waals surface area contributed by atoms with Crippen LogP contribution < -0.4 is 0 Å². The summed E-state index contributed by atoms with van der Waals surface area (Å²) < 4.78 is 5.28. The Labute approximate surface area is 103 Å². The topological polar surface area (TPSA) is 56.6 Å². The summed E-state index contributed by atoms with van der Waals surface area (Å²) >= 11 is 0. The summed E-state index contributed by atoms with van der Waals surface area (Å²) in [5, 5.41) is 8.52. The molecule has 0 saturated carbocycles. The molecule has 0 radical (unpaired) electrons. The molecule has 0 aliphatic carbocycles. The van der Waals surface area contributed by atoms with E-state index in [9.17, 15) is 4.79 Å². The van der Waals surface area contributed by atoms with E-state index in [-0.39, 0.29) is 5.91 Å². The Balaban J connectivity index is 2.17. The van der Waals surface area contributed by atoms with Gasteiger partial charge < -0.3 is 9.64 Å². The summed E-state index contributed by atoms with van der Waals surface area (Å²) in [6.45, 7) is 7.45. The molecule has 0 aromatic rings. The molecule has 0 N–H and O–H groups in total. The maximum atomic E-state index is 11.3. The third kappa shape index (κ3) is 5.66. The molecule has 0 aromatic heterocycles. The normalized spacial score (nSPS) is 16.5. The molecule has 1 aliphatic heterocycles. The highest BCUT2D eigenvalue weighted by Crippen LogP contribution is 2.00. The van der Waals surface area contributed by atoms with E-state index in [0.29, 0.717) is 13.0 Å². The number of hydrogen-bond donors (Lipinski definition) is 0. The zero-order chi connectivity index (χ0) is 12.5. The van der Waals surface area contributed by atoms with Gasteiger partial charge in [-0.1, -0.05) is 0 Å². The number of morpholine rings is 1. The van der Waals surface area contributed by atoms with E-state index >= 15 is 0 Å². The molecule has 1 aliphatic rings. The van der Waals surface area contributed by atoms with Gasteiger partial charge in [-0.15, -0.1) is 0 Å². The van der Waals surface area contributed by atoms with E-state index in [2.05, 4.69) is 11.0 Å². The monoisotopic (exact) mass is 239 g/mol. The molecular formula is C12H21N3O2. The fraction of sp³-hybridized carbons (Fsp3) is 0.833. The first-order chi connectivity index (χ1) is 8.24. The zero-order valence-electron chi connectivity index (χ0n) is 10.5. The van der Waals surface area contributed by atoms with Crippen LogP contribution in [-0.4, -0.2) is 61.6 Å². The van der Waals surface area contributed by atoms with E-state index in [4.69, 9.17) is 10.00 Å². The van der Waals surface area contributed by atoms with Crippen LogP contribution in [0, 0.1) is 11.3 Å². The Morgan fingerprint density at radius 1 is 1.41 bits per heavy atom. The van der Waals surface area contributed by atoms with Gasteiger partial charge in [0.05, 0.1) is 25.7 Å². The van der Waals surface area contributed by atoms with Gasteiger partial charge in [-0.05, 0) is 6.42 Å². The number of ether oxygens (including phenoxy) is 1. The van der Waals surface area contributed by atoms with Crippen LogP contribution in [-0.2, 0) is 9.53 Å².